The number of hydrogen-bond acceptors (Lipinski definition) is 3. The summed E-state index contributed by atoms with van der Waals surface area (Å²) < 4.78 is 0. The number of piperazine rings is 1. The van der Waals surface area contributed by atoms with E-state index in [1.807, 2.05) is 0 Å². The molecule has 0 aromatic rings. The van der Waals surface area contributed by atoms with Crippen molar-refractivity contribution >= 4 is 11.8 Å². The van der Waals surface area contributed by atoms with E-state index in [9.17, 15) is 9.59 Å². The van der Waals surface area contributed by atoms with Crippen LogP contribution in [0.2, 0.25) is 0 Å². The van der Waals surface area contributed by atoms with Crippen LogP contribution in [0.15, 0.2) is 0 Å². The Balaban J connectivity index is 2.09. The molecular formula is C13H23N3O2. The SMILES string of the molecule is CC1C(=O)NC(C)(C)C(=O)N1CC1CCN(C)C1. The van der Waals surface area contributed by atoms with Gasteiger partial charge in [0, 0.05) is 13.1 Å². The van der Waals surface area contributed by atoms with Gasteiger partial charge in [0.1, 0.15) is 11.6 Å². The van der Waals surface area contributed by atoms with E-state index >= 15 is 0 Å². The first-order chi connectivity index (χ1) is 8.31. The first-order valence-electron chi connectivity index (χ1n) is 6.63. The van der Waals surface area contributed by atoms with Gasteiger partial charge in [0.2, 0.25) is 11.8 Å². The monoisotopic (exact) mass is 253 g/mol. The summed E-state index contributed by atoms with van der Waals surface area (Å²) in [5, 5.41) is 2.78. The number of amides is 2. The Labute approximate surface area is 108 Å². The highest BCUT2D eigenvalue weighted by Gasteiger charge is 2.44. The zero-order chi connectivity index (χ0) is 13.5. The highest BCUT2D eigenvalue weighted by molar-refractivity contribution is 5.99. The van der Waals surface area contributed by atoms with Crippen LogP contribution >= 0.6 is 0 Å². The fourth-order valence-electron chi connectivity index (χ4n) is 2.84. The predicted octanol–water partition coefficient (Wildman–Crippen LogP) is 0.0636. The van der Waals surface area contributed by atoms with Crippen LogP contribution in [-0.2, 0) is 9.59 Å². The molecule has 0 bridgehead atoms. The lowest BCUT2D eigenvalue weighted by atomic mass is 9.95. The minimum absolute atomic E-state index is 0.0316. The van der Waals surface area contributed by atoms with Crippen molar-refractivity contribution in [3.05, 3.63) is 0 Å². The van der Waals surface area contributed by atoms with Crippen LogP contribution in [0.3, 0.4) is 0 Å². The molecule has 2 amide bonds. The van der Waals surface area contributed by atoms with E-state index < -0.39 is 5.54 Å². The van der Waals surface area contributed by atoms with E-state index in [1.54, 1.807) is 25.7 Å². The molecule has 2 atom stereocenters. The van der Waals surface area contributed by atoms with Gasteiger partial charge < -0.3 is 15.1 Å². The third kappa shape index (κ3) is 2.36. The molecule has 0 aromatic heterocycles. The maximum atomic E-state index is 12.4. The van der Waals surface area contributed by atoms with E-state index in [0.717, 1.165) is 19.5 Å². The molecule has 2 fully saturated rings. The minimum atomic E-state index is -0.770. The van der Waals surface area contributed by atoms with Crippen LogP contribution in [0.4, 0.5) is 0 Å². The number of rotatable bonds is 2. The van der Waals surface area contributed by atoms with Crippen molar-refractivity contribution in [1.82, 2.24) is 15.1 Å². The lowest BCUT2D eigenvalue weighted by molar-refractivity contribution is -0.153. The molecule has 2 unspecified atom stereocenters. The van der Waals surface area contributed by atoms with Crippen molar-refractivity contribution in [2.45, 2.75) is 38.8 Å². The summed E-state index contributed by atoms with van der Waals surface area (Å²) >= 11 is 0. The molecule has 102 valence electrons. The summed E-state index contributed by atoms with van der Waals surface area (Å²) in [4.78, 5) is 28.3. The van der Waals surface area contributed by atoms with Crippen LogP contribution in [0.5, 0.6) is 0 Å². The summed E-state index contributed by atoms with van der Waals surface area (Å²) in [6.07, 6.45) is 1.11. The molecule has 0 aliphatic carbocycles. The normalized spacial score (nSPS) is 32.8. The number of carbonyl (C=O) groups is 2. The van der Waals surface area contributed by atoms with Gasteiger partial charge in [-0.05, 0) is 46.7 Å². The number of hydrogen-bond donors (Lipinski definition) is 1. The topological polar surface area (TPSA) is 52.7 Å². The largest absolute Gasteiger partial charge is 0.340 e. The van der Waals surface area contributed by atoms with Crippen molar-refractivity contribution in [2.75, 3.05) is 26.7 Å². The molecule has 5 nitrogen and oxygen atoms in total. The Hall–Kier alpha value is -1.10. The molecule has 0 spiro atoms. The first kappa shape index (κ1) is 13.3. The second-order valence-electron chi connectivity index (χ2n) is 6.16. The molecule has 18 heavy (non-hydrogen) atoms. The van der Waals surface area contributed by atoms with Gasteiger partial charge in [-0.2, -0.15) is 0 Å². The third-order valence-electron chi connectivity index (χ3n) is 4.02. The maximum absolute atomic E-state index is 12.4. The Morgan fingerprint density at radius 2 is 2.06 bits per heavy atom. The molecule has 0 aromatic carbocycles. The van der Waals surface area contributed by atoms with Crippen LogP contribution in [-0.4, -0.2) is 59.9 Å². The van der Waals surface area contributed by atoms with Crippen LogP contribution in [0.1, 0.15) is 27.2 Å². The predicted molar refractivity (Wildman–Crippen MR) is 69.0 cm³/mol. The Morgan fingerprint density at radius 1 is 1.39 bits per heavy atom. The van der Waals surface area contributed by atoms with Gasteiger partial charge >= 0.3 is 0 Å². The van der Waals surface area contributed by atoms with Crippen molar-refractivity contribution in [2.24, 2.45) is 5.92 Å². The summed E-state index contributed by atoms with van der Waals surface area (Å²) in [5.41, 5.74) is -0.770. The Kier molecular flexibility index (Phi) is 3.36. The van der Waals surface area contributed by atoms with Crippen LogP contribution in [0.25, 0.3) is 0 Å². The molecule has 1 N–H and O–H groups in total. The lowest BCUT2D eigenvalue weighted by Crippen LogP contribution is -2.67. The summed E-state index contributed by atoms with van der Waals surface area (Å²) in [7, 11) is 2.10. The average molecular weight is 253 g/mol. The van der Waals surface area contributed by atoms with E-state index in [2.05, 4.69) is 17.3 Å². The number of nitrogens with zero attached hydrogens (tertiary/aromatic N) is 2. The second kappa shape index (κ2) is 4.53. The van der Waals surface area contributed by atoms with Gasteiger partial charge in [-0.1, -0.05) is 0 Å². The molecule has 0 radical (unpaired) electrons. The Morgan fingerprint density at radius 3 is 2.61 bits per heavy atom. The molecule has 0 saturated carbocycles. The van der Waals surface area contributed by atoms with E-state index in [-0.39, 0.29) is 17.9 Å². The molecule has 2 aliphatic rings. The summed E-state index contributed by atoms with van der Waals surface area (Å²) in [5.74, 6) is 0.471. The summed E-state index contributed by atoms with van der Waals surface area (Å²) in [6.45, 7) is 8.14. The standard InChI is InChI=1S/C13H23N3O2/c1-9-11(17)14-13(2,3)12(18)16(9)8-10-5-6-15(4)7-10/h9-10H,5-8H2,1-4H3,(H,14,17). The van der Waals surface area contributed by atoms with E-state index in [0.29, 0.717) is 12.5 Å². The number of carbonyl (C=O) groups excluding carboxylic acids is 2. The molecule has 2 heterocycles. The molecular weight excluding hydrogens is 230 g/mol. The van der Waals surface area contributed by atoms with Crippen molar-refractivity contribution in [3.8, 4) is 0 Å². The van der Waals surface area contributed by atoms with E-state index in [4.69, 9.17) is 0 Å². The first-order valence-corrected chi connectivity index (χ1v) is 6.63. The second-order valence-corrected chi connectivity index (χ2v) is 6.16. The molecule has 5 heteroatoms. The fraction of sp³-hybridized carbons (Fsp3) is 0.846. The van der Waals surface area contributed by atoms with Crippen molar-refractivity contribution in [3.63, 3.8) is 0 Å². The third-order valence-corrected chi connectivity index (χ3v) is 4.02. The Bertz CT molecular complexity index is 367. The number of nitrogens with one attached hydrogen (secondary N) is 1. The molecule has 2 aliphatic heterocycles. The van der Waals surface area contributed by atoms with Crippen molar-refractivity contribution < 1.29 is 9.59 Å². The van der Waals surface area contributed by atoms with Gasteiger partial charge in [0.15, 0.2) is 0 Å². The zero-order valence-corrected chi connectivity index (χ0v) is 11.7. The maximum Gasteiger partial charge on any atom is 0.248 e. The van der Waals surface area contributed by atoms with Gasteiger partial charge in [0.05, 0.1) is 0 Å². The zero-order valence-electron chi connectivity index (χ0n) is 11.7. The van der Waals surface area contributed by atoms with Gasteiger partial charge in [-0.25, -0.2) is 0 Å². The molecule has 2 saturated heterocycles. The van der Waals surface area contributed by atoms with E-state index in [1.165, 1.54) is 0 Å². The lowest BCUT2D eigenvalue weighted by Gasteiger charge is -2.42. The van der Waals surface area contributed by atoms with Gasteiger partial charge in [0.25, 0.3) is 0 Å². The minimum Gasteiger partial charge on any atom is -0.340 e. The van der Waals surface area contributed by atoms with Gasteiger partial charge in [-0.3, -0.25) is 9.59 Å². The molecule has 2 rings (SSSR count). The van der Waals surface area contributed by atoms with Crippen LogP contribution < -0.4 is 5.32 Å². The quantitative estimate of drug-likeness (QED) is 0.757. The fourth-order valence-corrected chi connectivity index (χ4v) is 2.84. The smallest absolute Gasteiger partial charge is 0.248 e. The van der Waals surface area contributed by atoms with Crippen LogP contribution in [0, 0.1) is 5.92 Å². The number of likely N-dealkylation sites (tertiary alicyclic amines) is 1. The highest BCUT2D eigenvalue weighted by Crippen LogP contribution is 2.22. The van der Waals surface area contributed by atoms with Crippen molar-refractivity contribution in [1.29, 1.82) is 0 Å². The highest BCUT2D eigenvalue weighted by atomic mass is 16.2. The average Bonchev–Trinajstić information content (AvgIpc) is 2.67. The van der Waals surface area contributed by atoms with Gasteiger partial charge in [-0.15, -0.1) is 0 Å². The summed E-state index contributed by atoms with van der Waals surface area (Å²) in [6, 6.07) is -0.351.